The average Bonchev–Trinajstić information content (AvgIpc) is 3.30. The Morgan fingerprint density at radius 1 is 1.09 bits per heavy atom. The lowest BCUT2D eigenvalue weighted by molar-refractivity contribution is 0.00694. The zero-order chi connectivity index (χ0) is 23.6. The fourth-order valence-electron chi connectivity index (χ4n) is 3.64. The lowest BCUT2D eigenvalue weighted by atomic mass is 10.1. The van der Waals surface area contributed by atoms with Gasteiger partial charge in [0, 0.05) is 13.2 Å². The Kier molecular flexibility index (Phi) is 6.05. The number of nitrogens with zero attached hydrogens (tertiary/aromatic N) is 4. The van der Waals surface area contributed by atoms with Crippen molar-refractivity contribution in [2.24, 2.45) is 12.2 Å². The Morgan fingerprint density at radius 3 is 2.55 bits per heavy atom. The van der Waals surface area contributed by atoms with Crippen LogP contribution in [0.2, 0.25) is 0 Å². The van der Waals surface area contributed by atoms with Crippen molar-refractivity contribution in [1.29, 1.82) is 0 Å². The smallest absolute Gasteiger partial charge is 0.338 e. The van der Waals surface area contributed by atoms with E-state index in [0.717, 1.165) is 33.5 Å². The molecule has 7 heteroatoms. The summed E-state index contributed by atoms with van der Waals surface area (Å²) in [6.45, 7) is 7.77. The summed E-state index contributed by atoms with van der Waals surface area (Å²) in [5.41, 5.74) is 3.73. The topological polar surface area (TPSA) is 70.6 Å². The first-order valence-corrected chi connectivity index (χ1v) is 10.8. The summed E-state index contributed by atoms with van der Waals surface area (Å²) in [7, 11) is 1.92. The first-order valence-electron chi connectivity index (χ1n) is 10.8. The Labute approximate surface area is 193 Å². The van der Waals surface area contributed by atoms with Crippen LogP contribution >= 0.6 is 0 Å². The summed E-state index contributed by atoms with van der Waals surface area (Å²) in [5.74, 6) is 0.577. The van der Waals surface area contributed by atoms with E-state index >= 15 is 0 Å². The van der Waals surface area contributed by atoms with Gasteiger partial charge >= 0.3 is 5.97 Å². The lowest BCUT2D eigenvalue weighted by Crippen LogP contribution is -2.23. The minimum absolute atomic E-state index is 0.284. The van der Waals surface area contributed by atoms with E-state index in [2.05, 4.69) is 33.0 Å². The first kappa shape index (κ1) is 22.3. The van der Waals surface area contributed by atoms with Gasteiger partial charge in [-0.15, -0.1) is 0 Å². The van der Waals surface area contributed by atoms with Crippen molar-refractivity contribution >= 4 is 23.1 Å². The molecule has 170 valence electrons. The monoisotopic (exact) mass is 444 g/mol. The third-order valence-corrected chi connectivity index (χ3v) is 5.14. The Hall–Kier alpha value is -3.87. The summed E-state index contributed by atoms with van der Waals surface area (Å²) in [6, 6.07) is 17.4. The minimum atomic E-state index is -0.524. The molecule has 2 aromatic carbocycles. The molecular weight excluding hydrogens is 416 g/mol. The second-order valence-corrected chi connectivity index (χ2v) is 8.90. The van der Waals surface area contributed by atoms with E-state index in [1.165, 1.54) is 0 Å². The van der Waals surface area contributed by atoms with Crippen LogP contribution in [0.1, 0.15) is 48.0 Å². The van der Waals surface area contributed by atoms with Gasteiger partial charge in [0.2, 0.25) is 0 Å². The average molecular weight is 445 g/mol. The molecule has 0 aliphatic heterocycles. The fourth-order valence-corrected chi connectivity index (χ4v) is 3.64. The number of aryl methyl sites for hydroxylation is 2. The molecule has 0 unspecified atom stereocenters. The van der Waals surface area contributed by atoms with Crippen molar-refractivity contribution in [3.8, 4) is 5.82 Å². The maximum Gasteiger partial charge on any atom is 0.338 e. The molecule has 0 N–H and O–H groups in total. The van der Waals surface area contributed by atoms with Crippen LogP contribution < -0.4 is 0 Å². The molecule has 0 atom stereocenters. The van der Waals surface area contributed by atoms with Gasteiger partial charge in [-0.2, -0.15) is 5.10 Å². The largest absolute Gasteiger partial charge is 0.456 e. The number of oxime groups is 1. The molecule has 4 aromatic rings. The van der Waals surface area contributed by atoms with Gasteiger partial charge in [0.25, 0.3) is 0 Å². The maximum atomic E-state index is 12.1. The second-order valence-electron chi connectivity index (χ2n) is 8.90. The van der Waals surface area contributed by atoms with E-state index in [-0.39, 0.29) is 12.6 Å². The molecule has 2 heterocycles. The highest BCUT2D eigenvalue weighted by Crippen LogP contribution is 2.23. The standard InChI is InChI=1S/C26H28N4O3/c1-18-22(24(29(5)28-18)30-15-14-20-8-6-7-9-23(20)30)16-27-32-17-19-10-12-21(13-11-19)25(31)33-26(2,3)4/h6-16H,17H2,1-5H3/b27-16+. The van der Waals surface area contributed by atoms with Crippen LogP contribution in [0.3, 0.4) is 0 Å². The summed E-state index contributed by atoms with van der Waals surface area (Å²) in [6.07, 6.45) is 3.73. The highest BCUT2D eigenvalue weighted by atomic mass is 16.6. The van der Waals surface area contributed by atoms with Crippen molar-refractivity contribution in [2.45, 2.75) is 39.9 Å². The van der Waals surface area contributed by atoms with Crippen molar-refractivity contribution in [2.75, 3.05) is 0 Å². The molecule has 0 bridgehead atoms. The fraction of sp³-hybridized carbons (Fsp3) is 0.269. The summed E-state index contributed by atoms with van der Waals surface area (Å²) in [5, 5.41) is 9.91. The number of hydrogen-bond donors (Lipinski definition) is 0. The molecule has 7 nitrogen and oxygen atoms in total. The molecule has 2 aromatic heterocycles. The van der Waals surface area contributed by atoms with Gasteiger partial charge in [0.1, 0.15) is 18.0 Å². The van der Waals surface area contributed by atoms with E-state index in [1.54, 1.807) is 18.3 Å². The Morgan fingerprint density at radius 2 is 1.82 bits per heavy atom. The van der Waals surface area contributed by atoms with E-state index in [0.29, 0.717) is 5.56 Å². The number of ether oxygens (including phenoxy) is 1. The number of esters is 1. The zero-order valence-corrected chi connectivity index (χ0v) is 19.6. The lowest BCUT2D eigenvalue weighted by Gasteiger charge is -2.19. The number of rotatable bonds is 6. The number of carbonyl (C=O) groups excluding carboxylic acids is 1. The van der Waals surface area contributed by atoms with Crippen LogP contribution in [0.15, 0.2) is 65.9 Å². The van der Waals surface area contributed by atoms with Crippen molar-refractivity contribution < 1.29 is 14.4 Å². The normalized spacial score (nSPS) is 11.9. The van der Waals surface area contributed by atoms with Gasteiger partial charge in [-0.3, -0.25) is 4.68 Å². The number of para-hydroxylation sites is 1. The molecule has 0 saturated heterocycles. The van der Waals surface area contributed by atoms with Gasteiger partial charge < -0.3 is 14.1 Å². The van der Waals surface area contributed by atoms with Crippen LogP contribution in [0.5, 0.6) is 0 Å². The van der Waals surface area contributed by atoms with Gasteiger partial charge in [-0.05, 0) is 62.9 Å². The summed E-state index contributed by atoms with van der Waals surface area (Å²) >= 11 is 0. The van der Waals surface area contributed by atoms with Crippen LogP contribution in [-0.2, 0) is 23.2 Å². The Balaban J connectivity index is 1.46. The number of fused-ring (bicyclic) bond motifs is 1. The van der Waals surface area contributed by atoms with Crippen molar-refractivity contribution in [3.05, 3.63) is 83.2 Å². The zero-order valence-electron chi connectivity index (χ0n) is 19.6. The quantitative estimate of drug-likeness (QED) is 0.233. The van der Waals surface area contributed by atoms with Gasteiger partial charge in [-0.1, -0.05) is 35.5 Å². The molecule has 0 amide bonds. The van der Waals surface area contributed by atoms with E-state index in [9.17, 15) is 4.79 Å². The molecular formula is C26H28N4O3. The van der Waals surface area contributed by atoms with Crippen LogP contribution in [0.25, 0.3) is 16.7 Å². The minimum Gasteiger partial charge on any atom is -0.456 e. The van der Waals surface area contributed by atoms with Crippen LogP contribution in [0.4, 0.5) is 0 Å². The Bertz CT molecular complexity index is 1310. The highest BCUT2D eigenvalue weighted by Gasteiger charge is 2.18. The maximum absolute atomic E-state index is 12.1. The molecule has 33 heavy (non-hydrogen) atoms. The first-order chi connectivity index (χ1) is 15.7. The molecule has 4 rings (SSSR count). The highest BCUT2D eigenvalue weighted by molar-refractivity contribution is 5.90. The second kappa shape index (κ2) is 8.94. The third kappa shape index (κ3) is 4.98. The van der Waals surface area contributed by atoms with Crippen LogP contribution in [0, 0.1) is 6.92 Å². The molecule has 0 fully saturated rings. The predicted octanol–water partition coefficient (Wildman–Crippen LogP) is 5.18. The molecule has 0 aliphatic rings. The van der Waals surface area contributed by atoms with Crippen molar-refractivity contribution in [1.82, 2.24) is 14.3 Å². The molecule has 0 saturated carbocycles. The number of aromatic nitrogens is 3. The van der Waals surface area contributed by atoms with Gasteiger partial charge in [0.05, 0.1) is 28.6 Å². The number of benzene rings is 2. The van der Waals surface area contributed by atoms with Gasteiger partial charge in [-0.25, -0.2) is 4.79 Å². The SMILES string of the molecule is Cc1nn(C)c(-n2ccc3ccccc32)c1/C=N/OCc1ccc(C(=O)OC(C)(C)C)cc1. The molecule has 0 aliphatic carbocycles. The third-order valence-electron chi connectivity index (χ3n) is 5.14. The van der Waals surface area contributed by atoms with E-state index in [4.69, 9.17) is 9.57 Å². The molecule has 0 radical (unpaired) electrons. The van der Waals surface area contributed by atoms with E-state index in [1.807, 2.05) is 69.9 Å². The van der Waals surface area contributed by atoms with E-state index < -0.39 is 5.60 Å². The number of hydrogen-bond acceptors (Lipinski definition) is 5. The number of carbonyl (C=O) groups is 1. The van der Waals surface area contributed by atoms with Crippen molar-refractivity contribution in [3.63, 3.8) is 0 Å². The van der Waals surface area contributed by atoms with Gasteiger partial charge in [0.15, 0.2) is 0 Å². The summed E-state index contributed by atoms with van der Waals surface area (Å²) in [4.78, 5) is 17.7. The molecule has 0 spiro atoms. The predicted molar refractivity (Wildman–Crippen MR) is 129 cm³/mol. The summed E-state index contributed by atoms with van der Waals surface area (Å²) < 4.78 is 9.34. The van der Waals surface area contributed by atoms with Crippen LogP contribution in [-0.4, -0.2) is 32.1 Å².